The van der Waals surface area contributed by atoms with E-state index in [2.05, 4.69) is 40.5 Å². The number of methoxy groups -OCH3 is 1. The van der Waals surface area contributed by atoms with Gasteiger partial charge in [-0.05, 0) is 44.7 Å². The van der Waals surface area contributed by atoms with Crippen molar-refractivity contribution in [3.05, 3.63) is 53.4 Å². The maximum Gasteiger partial charge on any atom is 0.407 e. The summed E-state index contributed by atoms with van der Waals surface area (Å²) in [5.74, 6) is -2.35. The number of esters is 1. The predicted molar refractivity (Wildman–Crippen MR) is 174 cm³/mol. The molecule has 5 rings (SSSR count). The molecule has 2 aromatic rings. The Kier molecular flexibility index (Phi) is 11.7. The molecule has 2 aliphatic heterocycles. The number of aromatic nitrogens is 3. The first-order valence-corrected chi connectivity index (χ1v) is 16.2. The number of nitrogens with two attached hydrogens (primary N) is 1. The van der Waals surface area contributed by atoms with Crippen molar-refractivity contribution < 1.29 is 52.7 Å². The van der Waals surface area contributed by atoms with Crippen LogP contribution in [0.2, 0.25) is 0 Å². The van der Waals surface area contributed by atoms with E-state index >= 15 is 0 Å². The molecule has 4 atom stereocenters. The number of primary amides is 1. The summed E-state index contributed by atoms with van der Waals surface area (Å²) in [5.41, 5.74) is 6.84. The van der Waals surface area contributed by atoms with Crippen molar-refractivity contribution in [3.63, 3.8) is 0 Å². The quantitative estimate of drug-likeness (QED) is 0.0520. The van der Waals surface area contributed by atoms with E-state index in [0.29, 0.717) is 24.2 Å². The number of alkyl carbamates (subject to hydrolysis) is 1. The van der Waals surface area contributed by atoms with E-state index in [-0.39, 0.29) is 86.3 Å². The average molecular weight is 699 g/mol. The Bertz CT molecular complexity index is 1640. The SMILES string of the molecule is C=C1C(=O)O[C@H]2[C@H]1CC/C(Cn1cc(COC(=O)NCCOCCOCC(=O)Nc3ccc(OC)c(C(N)=O)c3O)nn1)=C\CC[C@@]1(C)O[C@@H]21. The maximum absolute atomic E-state index is 12.2. The molecular weight excluding hydrogens is 656 g/mol. The van der Waals surface area contributed by atoms with E-state index in [1.165, 1.54) is 19.2 Å². The van der Waals surface area contributed by atoms with Gasteiger partial charge in [0.25, 0.3) is 5.91 Å². The summed E-state index contributed by atoms with van der Waals surface area (Å²) in [6, 6.07) is 2.76. The highest BCUT2D eigenvalue weighted by Crippen LogP contribution is 2.49. The van der Waals surface area contributed by atoms with Gasteiger partial charge in [0.1, 0.15) is 42.4 Å². The molecule has 2 saturated heterocycles. The molecular formula is C33H42N6O11. The van der Waals surface area contributed by atoms with Crippen molar-refractivity contribution in [1.29, 1.82) is 0 Å². The molecule has 0 unspecified atom stereocenters. The van der Waals surface area contributed by atoms with Crippen molar-refractivity contribution in [1.82, 2.24) is 20.3 Å². The molecule has 17 heteroatoms. The topological polar surface area (TPSA) is 228 Å². The van der Waals surface area contributed by atoms with Crippen LogP contribution in [0.15, 0.2) is 42.1 Å². The fraction of sp³-hybridized carbons (Fsp3) is 0.515. The number of aromatic hydroxyl groups is 1. The van der Waals surface area contributed by atoms with Gasteiger partial charge >= 0.3 is 12.1 Å². The molecule has 5 N–H and O–H groups in total. The van der Waals surface area contributed by atoms with Crippen LogP contribution in [0.5, 0.6) is 11.5 Å². The van der Waals surface area contributed by atoms with Crippen LogP contribution in [-0.4, -0.2) is 102 Å². The zero-order chi connectivity index (χ0) is 35.8. The molecule has 1 aliphatic carbocycles. The first-order chi connectivity index (χ1) is 24.0. The number of carbonyl (C=O) groups is 4. The van der Waals surface area contributed by atoms with Gasteiger partial charge in [-0.15, -0.1) is 5.10 Å². The predicted octanol–water partition coefficient (Wildman–Crippen LogP) is 1.75. The number of nitrogens with zero attached hydrogens (tertiary/aromatic N) is 3. The van der Waals surface area contributed by atoms with Crippen LogP contribution in [0.25, 0.3) is 0 Å². The fourth-order valence-electron chi connectivity index (χ4n) is 6.02. The lowest BCUT2D eigenvalue weighted by Crippen LogP contribution is -2.29. The molecule has 0 saturated carbocycles. The van der Waals surface area contributed by atoms with Crippen LogP contribution in [0.4, 0.5) is 10.5 Å². The Morgan fingerprint density at radius 1 is 1.22 bits per heavy atom. The van der Waals surface area contributed by atoms with Crippen molar-refractivity contribution in [2.75, 3.05) is 45.4 Å². The zero-order valence-corrected chi connectivity index (χ0v) is 28.0. The monoisotopic (exact) mass is 698 g/mol. The van der Waals surface area contributed by atoms with Crippen LogP contribution in [-0.2, 0) is 46.4 Å². The van der Waals surface area contributed by atoms with Crippen LogP contribution in [0, 0.1) is 5.92 Å². The third-order valence-corrected chi connectivity index (χ3v) is 8.74. The van der Waals surface area contributed by atoms with E-state index in [0.717, 1.165) is 24.8 Å². The number of epoxide rings is 1. The second-order valence-electron chi connectivity index (χ2n) is 12.3. The number of anilines is 1. The van der Waals surface area contributed by atoms with Gasteiger partial charge in [0.15, 0.2) is 5.75 Å². The van der Waals surface area contributed by atoms with Crippen molar-refractivity contribution in [3.8, 4) is 11.5 Å². The molecule has 50 heavy (non-hydrogen) atoms. The van der Waals surface area contributed by atoms with E-state index < -0.39 is 23.7 Å². The Labute approximate surface area is 288 Å². The normalized spacial score (nSPS) is 23.8. The average Bonchev–Trinajstić information content (AvgIpc) is 3.39. The largest absolute Gasteiger partial charge is 0.505 e. The molecule has 1 aromatic carbocycles. The molecule has 3 aliphatic rings. The lowest BCUT2D eigenvalue weighted by atomic mass is 9.84. The van der Waals surface area contributed by atoms with Crippen molar-refractivity contribution in [2.45, 2.75) is 63.6 Å². The zero-order valence-electron chi connectivity index (χ0n) is 28.0. The first kappa shape index (κ1) is 36.3. The molecule has 0 bridgehead atoms. The van der Waals surface area contributed by atoms with Gasteiger partial charge in [-0.2, -0.15) is 0 Å². The minimum absolute atomic E-state index is 0.0205. The lowest BCUT2D eigenvalue weighted by molar-refractivity contribution is -0.140. The van der Waals surface area contributed by atoms with E-state index in [1.807, 2.05) is 0 Å². The summed E-state index contributed by atoms with van der Waals surface area (Å²) in [4.78, 5) is 48.1. The van der Waals surface area contributed by atoms with Gasteiger partial charge in [0.05, 0.1) is 51.0 Å². The smallest absolute Gasteiger partial charge is 0.407 e. The summed E-state index contributed by atoms with van der Waals surface area (Å²) >= 11 is 0. The van der Waals surface area contributed by atoms with Crippen molar-refractivity contribution in [2.24, 2.45) is 11.7 Å². The molecule has 17 nitrogen and oxygen atoms in total. The lowest BCUT2D eigenvalue weighted by Gasteiger charge is -2.20. The van der Waals surface area contributed by atoms with Gasteiger partial charge in [-0.3, -0.25) is 9.59 Å². The number of benzene rings is 1. The van der Waals surface area contributed by atoms with Gasteiger partial charge in [-0.25, -0.2) is 14.3 Å². The second-order valence-corrected chi connectivity index (χ2v) is 12.3. The Morgan fingerprint density at radius 3 is 2.80 bits per heavy atom. The highest BCUT2D eigenvalue weighted by atomic mass is 16.6. The van der Waals surface area contributed by atoms with E-state index in [9.17, 15) is 24.3 Å². The summed E-state index contributed by atoms with van der Waals surface area (Å²) < 4.78 is 34.2. The van der Waals surface area contributed by atoms with Gasteiger partial charge < -0.3 is 49.9 Å². The van der Waals surface area contributed by atoms with E-state index in [1.54, 1.807) is 10.9 Å². The third kappa shape index (κ3) is 8.96. The minimum Gasteiger partial charge on any atom is -0.505 e. The number of hydrogen-bond donors (Lipinski definition) is 4. The van der Waals surface area contributed by atoms with Gasteiger partial charge in [0, 0.05) is 18.0 Å². The molecule has 0 radical (unpaired) electrons. The fourth-order valence-corrected chi connectivity index (χ4v) is 6.02. The van der Waals surface area contributed by atoms with Gasteiger partial charge in [-0.1, -0.05) is 23.4 Å². The van der Waals surface area contributed by atoms with Crippen molar-refractivity contribution >= 4 is 29.6 Å². The Balaban J connectivity index is 0.942. The number of carbonyl (C=O) groups excluding carboxylic acids is 4. The number of fused-ring (bicyclic) bond motifs is 3. The highest BCUT2D eigenvalue weighted by Gasteiger charge is 2.61. The summed E-state index contributed by atoms with van der Waals surface area (Å²) in [5, 5.41) is 23.6. The van der Waals surface area contributed by atoms with Crippen LogP contribution in [0.1, 0.15) is 48.7 Å². The number of ether oxygens (including phenoxy) is 6. The summed E-state index contributed by atoms with van der Waals surface area (Å²) in [6.45, 7) is 6.71. The molecule has 2 fully saturated rings. The number of nitrogens with one attached hydrogen (secondary N) is 2. The Hall–Kier alpha value is -5.00. The minimum atomic E-state index is -0.911. The molecule has 1 aromatic heterocycles. The van der Waals surface area contributed by atoms with Crippen LogP contribution < -0.4 is 21.1 Å². The molecule has 3 heterocycles. The molecule has 270 valence electrons. The number of allylic oxidation sites excluding steroid dienone is 2. The summed E-state index contributed by atoms with van der Waals surface area (Å²) in [6.07, 6.45) is 5.99. The third-order valence-electron chi connectivity index (χ3n) is 8.74. The summed E-state index contributed by atoms with van der Waals surface area (Å²) in [7, 11) is 1.32. The number of hydrogen-bond acceptors (Lipinski definition) is 13. The number of amides is 3. The van der Waals surface area contributed by atoms with Crippen LogP contribution in [0.3, 0.4) is 0 Å². The molecule has 3 amide bonds. The number of rotatable bonds is 15. The van der Waals surface area contributed by atoms with Crippen LogP contribution >= 0.6 is 0 Å². The Morgan fingerprint density at radius 2 is 2.02 bits per heavy atom. The highest BCUT2D eigenvalue weighted by molar-refractivity contribution is 6.02. The number of phenols is 1. The maximum atomic E-state index is 12.2. The molecule has 0 spiro atoms. The standard InChI is InChI=1S/C33H42N6O11/c1-19-22-7-6-20(5-4-10-33(2)29(50-33)28(22)49-31(19)43)15-39-16-21(37-38-39)17-48-32(44)35-11-12-46-13-14-47-18-25(40)36-23-8-9-24(45-3)26(27(23)41)30(34)42/h5,8-9,16,22,28-29,41H,1,4,6-7,10-15,17-18H2,2-3H3,(H2,34,42)(H,35,44)(H,36,40)/b20-5+/t22-,28-,29-,33+/m0/s1. The van der Waals surface area contributed by atoms with E-state index in [4.69, 9.17) is 34.2 Å². The first-order valence-electron chi connectivity index (χ1n) is 16.2. The second kappa shape index (κ2) is 16.1. The van der Waals surface area contributed by atoms with Gasteiger partial charge in [0.2, 0.25) is 5.91 Å².